The fourth-order valence-corrected chi connectivity index (χ4v) is 5.49. The molecule has 8 heteroatoms. The SMILES string of the molecule is CC(SC1=Nc2ccccc2C2=NC(=O)C(Cc3ccccc3)N12)C(=O)NCc1cccs1. The largest absolute Gasteiger partial charge is 0.350 e. The molecular weight excluding hydrogens is 452 g/mol. The van der Waals surface area contributed by atoms with Gasteiger partial charge in [0.15, 0.2) is 5.17 Å². The molecule has 0 aliphatic carbocycles. The van der Waals surface area contributed by atoms with Crippen LogP contribution in [-0.4, -0.2) is 39.0 Å². The molecule has 0 fully saturated rings. The second kappa shape index (κ2) is 9.33. The Labute approximate surface area is 200 Å². The summed E-state index contributed by atoms with van der Waals surface area (Å²) < 4.78 is 0. The molecule has 2 aromatic carbocycles. The van der Waals surface area contributed by atoms with Crippen LogP contribution in [0.5, 0.6) is 0 Å². The van der Waals surface area contributed by atoms with Crippen molar-refractivity contribution in [1.82, 2.24) is 10.2 Å². The van der Waals surface area contributed by atoms with Crippen LogP contribution >= 0.6 is 23.1 Å². The van der Waals surface area contributed by atoms with E-state index in [0.717, 1.165) is 21.7 Å². The van der Waals surface area contributed by atoms with Crippen LogP contribution in [0.25, 0.3) is 0 Å². The lowest BCUT2D eigenvalue weighted by atomic mass is 10.0. The maximum Gasteiger partial charge on any atom is 0.271 e. The van der Waals surface area contributed by atoms with Gasteiger partial charge in [0.05, 0.1) is 17.5 Å². The lowest BCUT2D eigenvalue weighted by Crippen LogP contribution is -2.45. The van der Waals surface area contributed by atoms with Gasteiger partial charge in [-0.25, -0.2) is 4.99 Å². The second-order valence-electron chi connectivity index (χ2n) is 7.82. The summed E-state index contributed by atoms with van der Waals surface area (Å²) in [5, 5.41) is 5.22. The van der Waals surface area contributed by atoms with Crippen LogP contribution in [0.4, 0.5) is 5.69 Å². The third-order valence-corrected chi connectivity index (χ3v) is 7.49. The number of aliphatic imine (C=N–C) groups is 2. The zero-order valence-corrected chi connectivity index (χ0v) is 19.6. The predicted molar refractivity (Wildman–Crippen MR) is 134 cm³/mol. The van der Waals surface area contributed by atoms with Crippen molar-refractivity contribution in [2.24, 2.45) is 9.98 Å². The summed E-state index contributed by atoms with van der Waals surface area (Å²) in [6.45, 7) is 2.36. The van der Waals surface area contributed by atoms with Crippen molar-refractivity contribution in [1.29, 1.82) is 0 Å². The standard InChI is InChI=1S/C25H22N4O2S2/c1-16(23(30)26-15-18-10-7-13-32-18)33-25-27-20-12-6-5-11-19(20)22-28-24(31)21(29(22)25)14-17-8-3-2-4-9-17/h2-13,16,21H,14-15H2,1H3,(H,26,30). The quantitative estimate of drug-likeness (QED) is 0.575. The first-order chi connectivity index (χ1) is 16.1. The van der Waals surface area contributed by atoms with E-state index in [4.69, 9.17) is 4.99 Å². The second-order valence-corrected chi connectivity index (χ2v) is 10.2. The number of benzene rings is 2. The van der Waals surface area contributed by atoms with Gasteiger partial charge in [-0.1, -0.05) is 60.3 Å². The minimum atomic E-state index is -0.483. The van der Waals surface area contributed by atoms with Gasteiger partial charge in [-0.05, 0) is 36.1 Å². The Morgan fingerprint density at radius 3 is 2.67 bits per heavy atom. The van der Waals surface area contributed by atoms with E-state index in [1.807, 2.05) is 83.9 Å². The summed E-state index contributed by atoms with van der Waals surface area (Å²) >= 11 is 2.97. The van der Waals surface area contributed by atoms with Crippen molar-refractivity contribution >= 4 is 51.6 Å². The third-order valence-electron chi connectivity index (χ3n) is 5.55. The van der Waals surface area contributed by atoms with Crippen LogP contribution in [-0.2, 0) is 22.6 Å². The number of para-hydroxylation sites is 1. The molecule has 3 heterocycles. The average molecular weight is 475 g/mol. The Morgan fingerprint density at radius 2 is 1.88 bits per heavy atom. The number of fused-ring (bicyclic) bond motifs is 3. The number of carbonyl (C=O) groups excluding carboxylic acids is 2. The Balaban J connectivity index is 1.40. The van der Waals surface area contributed by atoms with E-state index < -0.39 is 6.04 Å². The summed E-state index contributed by atoms with van der Waals surface area (Å²) in [4.78, 5) is 38.0. The van der Waals surface area contributed by atoms with Gasteiger partial charge in [-0.15, -0.1) is 11.3 Å². The number of carbonyl (C=O) groups is 2. The fourth-order valence-electron chi connectivity index (χ4n) is 3.86. The number of thiophene rings is 1. The highest BCUT2D eigenvalue weighted by Gasteiger charge is 2.42. The maximum atomic E-state index is 13.0. The molecule has 2 aliphatic rings. The van der Waals surface area contributed by atoms with E-state index in [1.165, 1.54) is 11.8 Å². The lowest BCUT2D eigenvalue weighted by molar-refractivity contribution is -0.120. The zero-order chi connectivity index (χ0) is 22.8. The number of amidine groups is 2. The Bertz CT molecular complexity index is 1240. The highest BCUT2D eigenvalue weighted by atomic mass is 32.2. The summed E-state index contributed by atoms with van der Waals surface area (Å²) in [6, 6.07) is 21.1. The molecule has 0 bridgehead atoms. The van der Waals surface area contributed by atoms with Crippen molar-refractivity contribution in [3.8, 4) is 0 Å². The monoisotopic (exact) mass is 474 g/mol. The number of nitrogens with one attached hydrogen (secondary N) is 1. The van der Waals surface area contributed by atoms with E-state index in [-0.39, 0.29) is 17.1 Å². The number of hydrogen-bond donors (Lipinski definition) is 1. The molecule has 1 N–H and O–H groups in total. The molecular formula is C25H22N4O2S2. The van der Waals surface area contributed by atoms with E-state index in [2.05, 4.69) is 10.3 Å². The topological polar surface area (TPSA) is 74.1 Å². The van der Waals surface area contributed by atoms with E-state index >= 15 is 0 Å². The predicted octanol–water partition coefficient (Wildman–Crippen LogP) is 4.39. The molecule has 2 unspecified atom stereocenters. The summed E-state index contributed by atoms with van der Waals surface area (Å²) in [7, 11) is 0. The molecule has 6 nitrogen and oxygen atoms in total. The van der Waals surface area contributed by atoms with Crippen molar-refractivity contribution in [3.63, 3.8) is 0 Å². The van der Waals surface area contributed by atoms with Crippen LogP contribution < -0.4 is 5.32 Å². The molecule has 2 amide bonds. The first kappa shape index (κ1) is 21.6. The lowest BCUT2D eigenvalue weighted by Gasteiger charge is -2.32. The minimum absolute atomic E-state index is 0.0708. The van der Waals surface area contributed by atoms with Gasteiger partial charge in [-0.2, -0.15) is 4.99 Å². The summed E-state index contributed by atoms with van der Waals surface area (Å²) in [6.07, 6.45) is 0.521. The van der Waals surface area contributed by atoms with Gasteiger partial charge in [0.1, 0.15) is 11.9 Å². The summed E-state index contributed by atoms with van der Waals surface area (Å²) in [5.41, 5.74) is 2.65. The molecule has 0 saturated heterocycles. The third kappa shape index (κ3) is 4.49. The normalized spacial score (nSPS) is 17.7. The fraction of sp³-hybridized carbons (Fsp3) is 0.200. The van der Waals surface area contributed by atoms with Gasteiger partial charge in [-0.3, -0.25) is 14.5 Å². The van der Waals surface area contributed by atoms with Crippen LogP contribution in [0, 0.1) is 0 Å². The molecule has 2 atom stereocenters. The Morgan fingerprint density at radius 1 is 1.09 bits per heavy atom. The van der Waals surface area contributed by atoms with Crippen LogP contribution in [0.15, 0.2) is 82.1 Å². The number of hydrogen-bond acceptors (Lipinski definition) is 6. The first-order valence-corrected chi connectivity index (χ1v) is 12.5. The van der Waals surface area contributed by atoms with Gasteiger partial charge in [0.2, 0.25) is 5.91 Å². The molecule has 3 aromatic rings. The van der Waals surface area contributed by atoms with E-state index in [9.17, 15) is 9.59 Å². The molecule has 5 rings (SSSR count). The highest BCUT2D eigenvalue weighted by Crippen LogP contribution is 2.36. The van der Waals surface area contributed by atoms with Crippen molar-refractivity contribution < 1.29 is 9.59 Å². The van der Waals surface area contributed by atoms with Crippen molar-refractivity contribution in [3.05, 3.63) is 88.1 Å². The van der Waals surface area contributed by atoms with E-state index in [0.29, 0.717) is 24.0 Å². The van der Waals surface area contributed by atoms with Crippen LogP contribution in [0.2, 0.25) is 0 Å². The van der Waals surface area contributed by atoms with Crippen LogP contribution in [0.1, 0.15) is 22.9 Å². The van der Waals surface area contributed by atoms with Crippen LogP contribution in [0.3, 0.4) is 0 Å². The molecule has 33 heavy (non-hydrogen) atoms. The summed E-state index contributed by atoms with van der Waals surface area (Å²) in [5.74, 6) is 0.354. The number of amides is 2. The van der Waals surface area contributed by atoms with E-state index in [1.54, 1.807) is 11.3 Å². The van der Waals surface area contributed by atoms with Gasteiger partial charge in [0, 0.05) is 16.9 Å². The first-order valence-electron chi connectivity index (χ1n) is 10.7. The van der Waals surface area contributed by atoms with Gasteiger partial charge < -0.3 is 5.32 Å². The van der Waals surface area contributed by atoms with Crippen molar-refractivity contribution in [2.45, 2.75) is 31.2 Å². The zero-order valence-electron chi connectivity index (χ0n) is 18.0. The molecule has 0 spiro atoms. The minimum Gasteiger partial charge on any atom is -0.350 e. The van der Waals surface area contributed by atoms with Gasteiger partial charge >= 0.3 is 0 Å². The number of nitrogens with zero attached hydrogens (tertiary/aromatic N) is 3. The van der Waals surface area contributed by atoms with Gasteiger partial charge in [0.25, 0.3) is 5.91 Å². The number of rotatable bonds is 6. The molecule has 0 radical (unpaired) electrons. The molecule has 166 valence electrons. The highest BCUT2D eigenvalue weighted by molar-refractivity contribution is 8.14. The molecule has 1 aromatic heterocycles. The molecule has 0 saturated carbocycles. The Kier molecular flexibility index (Phi) is 6.11. The van der Waals surface area contributed by atoms with Crippen molar-refractivity contribution in [2.75, 3.05) is 0 Å². The molecule has 2 aliphatic heterocycles. The smallest absolute Gasteiger partial charge is 0.271 e. The maximum absolute atomic E-state index is 13.0. The number of thioether (sulfide) groups is 1. The average Bonchev–Trinajstić information content (AvgIpc) is 3.46. The Hall–Kier alpha value is -3.23.